The minimum Gasteiger partial charge on any atom is -0.393 e. The van der Waals surface area contributed by atoms with Gasteiger partial charge in [0.1, 0.15) is 18.0 Å². The van der Waals surface area contributed by atoms with Gasteiger partial charge in [0.15, 0.2) is 0 Å². The summed E-state index contributed by atoms with van der Waals surface area (Å²) >= 11 is 0. The second-order valence-corrected chi connectivity index (χ2v) is 7.34. The summed E-state index contributed by atoms with van der Waals surface area (Å²) < 4.78 is 0. The monoisotopic (exact) mass is 367 g/mol. The first-order chi connectivity index (χ1) is 13.0. The van der Waals surface area contributed by atoms with E-state index in [-0.39, 0.29) is 18.6 Å². The number of aliphatic hydroxyl groups is 1. The van der Waals surface area contributed by atoms with E-state index in [1.807, 2.05) is 48.0 Å². The zero-order chi connectivity index (χ0) is 19.0. The van der Waals surface area contributed by atoms with Crippen molar-refractivity contribution in [3.05, 3.63) is 41.7 Å². The predicted molar refractivity (Wildman–Crippen MR) is 105 cm³/mol. The standard InChI is InChI=1S/C20H25N5O2/c1-14-5-3-4-6-17(14)25-11-16-19(23(2)12-18(25)27)21-13-22-20(16)24-9-7-15(26)8-10-24/h3-6,13,15,26H,7-12H2,1-2H3. The van der Waals surface area contributed by atoms with Crippen molar-refractivity contribution in [2.75, 3.05) is 41.4 Å². The van der Waals surface area contributed by atoms with Crippen LogP contribution in [0.25, 0.3) is 0 Å². The quantitative estimate of drug-likeness (QED) is 0.872. The Balaban J connectivity index is 1.76. The minimum absolute atomic E-state index is 0.0461. The number of aromatic nitrogens is 2. The number of para-hydroxylation sites is 1. The normalized spacial score (nSPS) is 18.5. The topological polar surface area (TPSA) is 72.8 Å². The molecule has 7 nitrogen and oxygen atoms in total. The van der Waals surface area contributed by atoms with Crippen LogP contribution in [0.1, 0.15) is 24.0 Å². The number of aliphatic hydroxyl groups excluding tert-OH is 1. The smallest absolute Gasteiger partial charge is 0.246 e. The molecule has 7 heteroatoms. The molecular weight excluding hydrogens is 342 g/mol. The van der Waals surface area contributed by atoms with E-state index in [2.05, 4.69) is 14.9 Å². The van der Waals surface area contributed by atoms with Gasteiger partial charge in [0.2, 0.25) is 5.91 Å². The minimum atomic E-state index is -0.241. The number of anilines is 3. The maximum Gasteiger partial charge on any atom is 0.246 e. The van der Waals surface area contributed by atoms with Gasteiger partial charge in [-0.15, -0.1) is 0 Å². The van der Waals surface area contributed by atoms with Crippen LogP contribution in [0.4, 0.5) is 17.3 Å². The van der Waals surface area contributed by atoms with E-state index >= 15 is 0 Å². The molecule has 2 aromatic rings. The molecule has 1 saturated heterocycles. The molecule has 1 fully saturated rings. The lowest BCUT2D eigenvalue weighted by Crippen LogP contribution is -2.38. The fourth-order valence-corrected chi connectivity index (χ4v) is 3.91. The van der Waals surface area contributed by atoms with Crippen LogP contribution in [0.3, 0.4) is 0 Å². The summed E-state index contributed by atoms with van der Waals surface area (Å²) in [7, 11) is 1.90. The van der Waals surface area contributed by atoms with Crippen LogP contribution in [-0.2, 0) is 11.3 Å². The predicted octanol–water partition coefficient (Wildman–Crippen LogP) is 1.73. The van der Waals surface area contributed by atoms with Crippen LogP contribution < -0.4 is 14.7 Å². The highest BCUT2D eigenvalue weighted by Crippen LogP contribution is 2.33. The molecule has 2 aliphatic heterocycles. The molecule has 0 unspecified atom stereocenters. The number of aryl methyl sites for hydroxylation is 1. The number of carbonyl (C=O) groups excluding carboxylic acids is 1. The van der Waals surface area contributed by atoms with Gasteiger partial charge in [-0.3, -0.25) is 4.79 Å². The number of hydrogen-bond donors (Lipinski definition) is 1. The number of fused-ring (bicyclic) bond motifs is 1. The van der Waals surface area contributed by atoms with Gasteiger partial charge in [0, 0.05) is 25.8 Å². The molecule has 27 heavy (non-hydrogen) atoms. The first-order valence-electron chi connectivity index (χ1n) is 9.38. The van der Waals surface area contributed by atoms with Crippen molar-refractivity contribution in [3.8, 4) is 0 Å². The van der Waals surface area contributed by atoms with Crippen LogP contribution >= 0.6 is 0 Å². The SMILES string of the molecule is Cc1ccccc1N1Cc2c(ncnc2N2CCC(O)CC2)N(C)CC1=O. The zero-order valence-corrected chi connectivity index (χ0v) is 15.8. The van der Waals surface area contributed by atoms with E-state index in [1.165, 1.54) is 0 Å². The number of hydrogen-bond acceptors (Lipinski definition) is 6. The van der Waals surface area contributed by atoms with Crippen LogP contribution in [-0.4, -0.2) is 53.8 Å². The van der Waals surface area contributed by atoms with Crippen molar-refractivity contribution in [3.63, 3.8) is 0 Å². The summed E-state index contributed by atoms with van der Waals surface area (Å²) in [6, 6.07) is 7.94. The van der Waals surface area contributed by atoms with Crippen molar-refractivity contribution < 1.29 is 9.90 Å². The molecule has 0 atom stereocenters. The van der Waals surface area contributed by atoms with Gasteiger partial charge >= 0.3 is 0 Å². The average molecular weight is 367 g/mol. The Morgan fingerprint density at radius 2 is 1.78 bits per heavy atom. The molecule has 0 saturated carbocycles. The average Bonchev–Trinajstić information content (AvgIpc) is 2.79. The molecule has 4 rings (SSSR count). The molecule has 3 heterocycles. The Kier molecular flexibility index (Phi) is 4.70. The Morgan fingerprint density at radius 1 is 1.07 bits per heavy atom. The van der Waals surface area contributed by atoms with Gasteiger partial charge in [0.05, 0.1) is 24.8 Å². The molecule has 142 valence electrons. The number of amides is 1. The third kappa shape index (κ3) is 3.35. The molecule has 0 spiro atoms. The van der Waals surface area contributed by atoms with Gasteiger partial charge in [0.25, 0.3) is 0 Å². The van der Waals surface area contributed by atoms with Crippen LogP contribution in [0, 0.1) is 6.92 Å². The summed E-state index contributed by atoms with van der Waals surface area (Å²) in [6.45, 7) is 4.25. The lowest BCUT2D eigenvalue weighted by atomic mass is 10.1. The van der Waals surface area contributed by atoms with E-state index in [4.69, 9.17) is 0 Å². The van der Waals surface area contributed by atoms with Gasteiger partial charge < -0.3 is 19.8 Å². The summed E-state index contributed by atoms with van der Waals surface area (Å²) in [5.41, 5.74) is 2.95. The highest BCUT2D eigenvalue weighted by molar-refractivity contribution is 5.98. The number of carbonyl (C=O) groups is 1. The summed E-state index contributed by atoms with van der Waals surface area (Å²) in [5.74, 6) is 1.72. The van der Waals surface area contributed by atoms with Crippen molar-refractivity contribution >= 4 is 23.2 Å². The highest BCUT2D eigenvalue weighted by atomic mass is 16.3. The van der Waals surface area contributed by atoms with Crippen molar-refractivity contribution in [1.29, 1.82) is 0 Å². The third-order valence-electron chi connectivity index (χ3n) is 5.42. The van der Waals surface area contributed by atoms with Gasteiger partial charge in [-0.1, -0.05) is 18.2 Å². The summed E-state index contributed by atoms with van der Waals surface area (Å²) in [4.78, 5) is 27.9. The highest BCUT2D eigenvalue weighted by Gasteiger charge is 2.31. The summed E-state index contributed by atoms with van der Waals surface area (Å²) in [5, 5.41) is 9.83. The second kappa shape index (κ2) is 7.15. The number of likely N-dealkylation sites (N-methyl/N-ethyl adjacent to an activating group) is 1. The third-order valence-corrected chi connectivity index (χ3v) is 5.42. The van der Waals surface area contributed by atoms with E-state index in [9.17, 15) is 9.90 Å². The number of rotatable bonds is 2. The van der Waals surface area contributed by atoms with E-state index < -0.39 is 0 Å². The maximum atomic E-state index is 13.0. The maximum absolute atomic E-state index is 13.0. The summed E-state index contributed by atoms with van der Waals surface area (Å²) in [6.07, 6.45) is 2.79. The number of benzene rings is 1. The van der Waals surface area contributed by atoms with E-state index in [1.54, 1.807) is 6.33 Å². The molecule has 0 bridgehead atoms. The van der Waals surface area contributed by atoms with Crippen molar-refractivity contribution in [1.82, 2.24) is 9.97 Å². The zero-order valence-electron chi connectivity index (χ0n) is 15.8. The van der Waals surface area contributed by atoms with E-state index in [0.29, 0.717) is 6.54 Å². The molecule has 1 amide bonds. The van der Waals surface area contributed by atoms with Gasteiger partial charge in [-0.05, 0) is 31.4 Å². The number of piperidine rings is 1. The van der Waals surface area contributed by atoms with Crippen LogP contribution in [0.5, 0.6) is 0 Å². The van der Waals surface area contributed by atoms with Crippen LogP contribution in [0.15, 0.2) is 30.6 Å². The van der Waals surface area contributed by atoms with Gasteiger partial charge in [-0.2, -0.15) is 0 Å². The first-order valence-corrected chi connectivity index (χ1v) is 9.38. The molecule has 1 N–H and O–H groups in total. The molecule has 0 aliphatic carbocycles. The van der Waals surface area contributed by atoms with Crippen molar-refractivity contribution in [2.45, 2.75) is 32.4 Å². The molecule has 1 aromatic carbocycles. The van der Waals surface area contributed by atoms with E-state index in [0.717, 1.165) is 54.4 Å². The largest absolute Gasteiger partial charge is 0.393 e. The Bertz CT molecular complexity index is 848. The lowest BCUT2D eigenvalue weighted by Gasteiger charge is -2.33. The van der Waals surface area contributed by atoms with Crippen LogP contribution in [0.2, 0.25) is 0 Å². The van der Waals surface area contributed by atoms with Gasteiger partial charge in [-0.25, -0.2) is 9.97 Å². The van der Waals surface area contributed by atoms with Crippen molar-refractivity contribution in [2.24, 2.45) is 0 Å². The molecule has 1 aromatic heterocycles. The molecular formula is C20H25N5O2. The number of nitrogens with zero attached hydrogens (tertiary/aromatic N) is 5. The Labute approximate surface area is 159 Å². The fraction of sp³-hybridized carbons (Fsp3) is 0.450. The first kappa shape index (κ1) is 17.7. The fourth-order valence-electron chi connectivity index (χ4n) is 3.91. The lowest BCUT2D eigenvalue weighted by molar-refractivity contribution is -0.117. The second-order valence-electron chi connectivity index (χ2n) is 7.34. The Hall–Kier alpha value is -2.67. The molecule has 2 aliphatic rings. The Morgan fingerprint density at radius 3 is 2.52 bits per heavy atom. The molecule has 0 radical (unpaired) electrons.